The molecule has 0 aliphatic heterocycles. The van der Waals surface area contributed by atoms with E-state index in [1.54, 1.807) is 13.0 Å². The summed E-state index contributed by atoms with van der Waals surface area (Å²) in [5, 5.41) is 15.6. The Bertz CT molecular complexity index is 821. The van der Waals surface area contributed by atoms with Crippen molar-refractivity contribution in [3.63, 3.8) is 0 Å². The van der Waals surface area contributed by atoms with Gasteiger partial charge in [0.1, 0.15) is 5.01 Å². The second kappa shape index (κ2) is 6.29. The van der Waals surface area contributed by atoms with Crippen LogP contribution in [-0.4, -0.2) is 21.3 Å². The van der Waals surface area contributed by atoms with Crippen molar-refractivity contribution in [2.75, 3.05) is 5.32 Å². The molecule has 3 aromatic rings. The molecule has 0 atom stereocenters. The summed E-state index contributed by atoms with van der Waals surface area (Å²) in [7, 11) is 0. The van der Waals surface area contributed by atoms with E-state index in [2.05, 4.69) is 46.7 Å². The molecule has 6 nitrogen and oxygen atoms in total. The Morgan fingerprint density at radius 3 is 2.57 bits per heavy atom. The fourth-order valence-corrected chi connectivity index (χ4v) is 2.77. The topological polar surface area (TPSA) is 80.9 Å². The number of aryl methyl sites for hydroxylation is 1. The van der Waals surface area contributed by atoms with E-state index in [9.17, 15) is 4.79 Å². The fourth-order valence-electron chi connectivity index (χ4n) is 2.03. The van der Waals surface area contributed by atoms with Crippen molar-refractivity contribution in [3.05, 3.63) is 47.3 Å². The summed E-state index contributed by atoms with van der Waals surface area (Å²) < 4.78 is 4.92. The van der Waals surface area contributed by atoms with Crippen LogP contribution in [-0.2, 0) is 0 Å². The largest absolute Gasteiger partial charge is 0.351 e. The molecule has 0 bridgehead atoms. The molecule has 7 heteroatoms. The number of rotatable bonds is 4. The van der Waals surface area contributed by atoms with Crippen molar-refractivity contribution in [2.24, 2.45) is 0 Å². The monoisotopic (exact) mass is 328 g/mol. The minimum atomic E-state index is -0.386. The number of anilines is 1. The van der Waals surface area contributed by atoms with Crippen molar-refractivity contribution < 1.29 is 9.32 Å². The van der Waals surface area contributed by atoms with Gasteiger partial charge in [-0.05, 0) is 18.4 Å². The number of nitrogens with one attached hydrogen (secondary N) is 1. The maximum atomic E-state index is 12.0. The molecule has 0 radical (unpaired) electrons. The Kier molecular flexibility index (Phi) is 4.20. The molecule has 2 aromatic heterocycles. The molecule has 0 saturated heterocycles. The van der Waals surface area contributed by atoms with Gasteiger partial charge in [0.2, 0.25) is 10.9 Å². The summed E-state index contributed by atoms with van der Waals surface area (Å²) in [4.78, 5) is 12.0. The number of hydrogen-bond donors (Lipinski definition) is 1. The summed E-state index contributed by atoms with van der Waals surface area (Å²) in [6, 6.07) is 9.76. The molecule has 0 fully saturated rings. The van der Waals surface area contributed by atoms with Crippen LogP contribution in [0.3, 0.4) is 0 Å². The van der Waals surface area contributed by atoms with Crippen molar-refractivity contribution in [1.29, 1.82) is 0 Å². The molecule has 23 heavy (non-hydrogen) atoms. The second-order valence-corrected chi connectivity index (χ2v) is 6.45. The molecule has 0 spiro atoms. The van der Waals surface area contributed by atoms with Crippen LogP contribution in [0.25, 0.3) is 10.6 Å². The van der Waals surface area contributed by atoms with Gasteiger partial charge in [-0.2, -0.15) is 0 Å². The van der Waals surface area contributed by atoms with Gasteiger partial charge in [-0.25, -0.2) is 0 Å². The first-order chi connectivity index (χ1) is 11.0. The maximum absolute atomic E-state index is 12.0. The van der Waals surface area contributed by atoms with Gasteiger partial charge in [0.25, 0.3) is 5.91 Å². The Morgan fingerprint density at radius 2 is 1.96 bits per heavy atom. The van der Waals surface area contributed by atoms with Crippen LogP contribution in [0.4, 0.5) is 5.13 Å². The summed E-state index contributed by atoms with van der Waals surface area (Å²) in [5.74, 6) is 0.252. The number of carbonyl (C=O) groups excluding carboxylic acids is 1. The third kappa shape index (κ3) is 3.45. The third-order valence-electron chi connectivity index (χ3n) is 3.32. The average molecular weight is 328 g/mol. The van der Waals surface area contributed by atoms with Gasteiger partial charge < -0.3 is 4.52 Å². The van der Waals surface area contributed by atoms with Gasteiger partial charge in [-0.1, -0.05) is 54.6 Å². The van der Waals surface area contributed by atoms with E-state index in [1.165, 1.54) is 16.9 Å². The van der Waals surface area contributed by atoms with Crippen LogP contribution in [0, 0.1) is 6.92 Å². The van der Waals surface area contributed by atoms with E-state index in [0.29, 0.717) is 16.7 Å². The van der Waals surface area contributed by atoms with Crippen LogP contribution >= 0.6 is 11.3 Å². The molecule has 1 aromatic carbocycles. The van der Waals surface area contributed by atoms with E-state index in [1.807, 2.05) is 12.1 Å². The number of hydrogen-bond acceptors (Lipinski definition) is 6. The van der Waals surface area contributed by atoms with Gasteiger partial charge >= 0.3 is 0 Å². The van der Waals surface area contributed by atoms with Gasteiger partial charge in [-0.15, -0.1) is 10.2 Å². The SMILES string of the molecule is Cc1cc(C(=O)Nc2nnc(-c3ccc(C(C)C)cc3)s2)on1. The number of nitrogens with zero attached hydrogens (tertiary/aromatic N) is 3. The molecule has 0 unspecified atom stereocenters. The van der Waals surface area contributed by atoms with E-state index in [-0.39, 0.29) is 11.7 Å². The van der Waals surface area contributed by atoms with E-state index in [0.717, 1.165) is 10.6 Å². The van der Waals surface area contributed by atoms with Crippen LogP contribution in [0.2, 0.25) is 0 Å². The lowest BCUT2D eigenvalue weighted by atomic mass is 10.0. The van der Waals surface area contributed by atoms with Crippen molar-refractivity contribution in [2.45, 2.75) is 26.7 Å². The Labute approximate surface area is 137 Å². The van der Waals surface area contributed by atoms with E-state index >= 15 is 0 Å². The van der Waals surface area contributed by atoms with Crippen LogP contribution < -0.4 is 5.32 Å². The average Bonchev–Trinajstić information content (AvgIpc) is 3.16. The highest BCUT2D eigenvalue weighted by atomic mass is 32.1. The highest BCUT2D eigenvalue weighted by molar-refractivity contribution is 7.18. The highest BCUT2D eigenvalue weighted by Crippen LogP contribution is 2.28. The zero-order valence-electron chi connectivity index (χ0n) is 13.0. The summed E-state index contributed by atoms with van der Waals surface area (Å²) in [6.07, 6.45) is 0. The maximum Gasteiger partial charge on any atom is 0.296 e. The van der Waals surface area contributed by atoms with E-state index < -0.39 is 0 Å². The first kappa shape index (κ1) is 15.4. The second-order valence-electron chi connectivity index (χ2n) is 5.48. The molecular formula is C16H16N4O2S. The van der Waals surface area contributed by atoms with Crippen molar-refractivity contribution >= 4 is 22.4 Å². The molecule has 1 amide bonds. The highest BCUT2D eigenvalue weighted by Gasteiger charge is 2.15. The van der Waals surface area contributed by atoms with Crippen molar-refractivity contribution in [3.8, 4) is 10.6 Å². The number of amides is 1. The number of carbonyl (C=O) groups is 1. The normalized spacial score (nSPS) is 11.0. The standard InChI is InChI=1S/C16H16N4O2S/c1-9(2)11-4-6-12(7-5-11)15-18-19-16(23-15)17-14(21)13-8-10(3)20-22-13/h4-9H,1-3H3,(H,17,19,21). The zero-order chi connectivity index (χ0) is 16.4. The number of benzene rings is 1. The summed E-state index contributed by atoms with van der Waals surface area (Å²) >= 11 is 1.31. The smallest absolute Gasteiger partial charge is 0.296 e. The van der Waals surface area contributed by atoms with Crippen LogP contribution in [0.1, 0.15) is 41.6 Å². The molecule has 0 aliphatic carbocycles. The predicted octanol–water partition coefficient (Wildman–Crippen LogP) is 3.88. The quantitative estimate of drug-likeness (QED) is 0.786. The Balaban J connectivity index is 1.74. The predicted molar refractivity (Wildman–Crippen MR) is 88.6 cm³/mol. The molecule has 3 rings (SSSR count). The molecule has 0 aliphatic rings. The first-order valence-corrected chi connectivity index (χ1v) is 8.03. The molecule has 118 valence electrons. The summed E-state index contributed by atoms with van der Waals surface area (Å²) in [6.45, 7) is 6.06. The van der Waals surface area contributed by atoms with E-state index in [4.69, 9.17) is 4.52 Å². The lowest BCUT2D eigenvalue weighted by molar-refractivity contribution is 0.0988. The minimum Gasteiger partial charge on any atom is -0.351 e. The van der Waals surface area contributed by atoms with Gasteiger partial charge in [-0.3, -0.25) is 10.1 Å². The Hall–Kier alpha value is -2.54. The fraction of sp³-hybridized carbons (Fsp3) is 0.250. The first-order valence-electron chi connectivity index (χ1n) is 7.21. The molecule has 0 saturated carbocycles. The van der Waals surface area contributed by atoms with Crippen LogP contribution in [0.5, 0.6) is 0 Å². The van der Waals surface area contributed by atoms with Gasteiger partial charge in [0.05, 0.1) is 5.69 Å². The number of aromatic nitrogens is 3. The molecular weight excluding hydrogens is 312 g/mol. The third-order valence-corrected chi connectivity index (χ3v) is 4.21. The minimum absolute atomic E-state index is 0.153. The Morgan fingerprint density at radius 1 is 1.22 bits per heavy atom. The lowest BCUT2D eigenvalue weighted by Crippen LogP contribution is -2.10. The zero-order valence-corrected chi connectivity index (χ0v) is 13.8. The van der Waals surface area contributed by atoms with Gasteiger partial charge in [0, 0.05) is 11.6 Å². The van der Waals surface area contributed by atoms with Crippen LogP contribution in [0.15, 0.2) is 34.9 Å². The molecule has 1 N–H and O–H groups in total. The van der Waals surface area contributed by atoms with Crippen molar-refractivity contribution in [1.82, 2.24) is 15.4 Å². The van der Waals surface area contributed by atoms with Gasteiger partial charge in [0.15, 0.2) is 0 Å². The lowest BCUT2D eigenvalue weighted by Gasteiger charge is -2.04. The summed E-state index contributed by atoms with van der Waals surface area (Å²) in [5.41, 5.74) is 2.90. The molecule has 2 heterocycles.